The van der Waals surface area contributed by atoms with Crippen LogP contribution in [0.2, 0.25) is 0 Å². The summed E-state index contributed by atoms with van der Waals surface area (Å²) < 4.78 is 5.23. The molecule has 0 bridgehead atoms. The highest BCUT2D eigenvalue weighted by atomic mass is 16.3. The van der Waals surface area contributed by atoms with E-state index in [4.69, 9.17) is 4.42 Å². The third-order valence-corrected chi connectivity index (χ3v) is 3.58. The number of amides is 1. The summed E-state index contributed by atoms with van der Waals surface area (Å²) >= 11 is 0. The van der Waals surface area contributed by atoms with E-state index in [0.29, 0.717) is 19.0 Å². The molecule has 0 saturated heterocycles. The summed E-state index contributed by atoms with van der Waals surface area (Å²) in [4.78, 5) is 15.7. The van der Waals surface area contributed by atoms with E-state index in [2.05, 4.69) is 0 Å². The number of aliphatic hydroxyl groups is 1. The van der Waals surface area contributed by atoms with Crippen molar-refractivity contribution in [2.24, 2.45) is 5.92 Å². The van der Waals surface area contributed by atoms with Gasteiger partial charge in [0.2, 0.25) is 5.91 Å². The van der Waals surface area contributed by atoms with E-state index in [1.807, 2.05) is 24.1 Å². The van der Waals surface area contributed by atoms with Crippen LogP contribution < -0.4 is 0 Å². The molecule has 1 N–H and O–H groups in total. The normalized spacial score (nSPS) is 22.3. The lowest BCUT2D eigenvalue weighted by Crippen LogP contribution is -2.41. The molecule has 1 aliphatic carbocycles. The first-order valence-corrected chi connectivity index (χ1v) is 6.67. The second kappa shape index (κ2) is 6.21. The van der Waals surface area contributed by atoms with Gasteiger partial charge in [-0.05, 0) is 37.9 Å². The molecule has 1 aliphatic rings. The van der Waals surface area contributed by atoms with Gasteiger partial charge in [-0.3, -0.25) is 9.69 Å². The first kappa shape index (κ1) is 14.1. The zero-order valence-corrected chi connectivity index (χ0v) is 11.6. The number of carbonyl (C=O) groups is 1. The second-order valence-corrected chi connectivity index (χ2v) is 5.52. The Morgan fingerprint density at radius 3 is 2.79 bits per heavy atom. The maximum atomic E-state index is 12.0. The van der Waals surface area contributed by atoms with Crippen molar-refractivity contribution in [2.45, 2.75) is 25.5 Å². The van der Waals surface area contributed by atoms with Crippen molar-refractivity contribution in [2.75, 3.05) is 27.2 Å². The molecule has 1 saturated carbocycles. The monoisotopic (exact) mass is 266 g/mol. The first-order chi connectivity index (χ1) is 9.04. The summed E-state index contributed by atoms with van der Waals surface area (Å²) in [7, 11) is 3.73. The van der Waals surface area contributed by atoms with Gasteiger partial charge < -0.3 is 14.4 Å². The van der Waals surface area contributed by atoms with Crippen LogP contribution in [0.4, 0.5) is 0 Å². The van der Waals surface area contributed by atoms with Crippen molar-refractivity contribution >= 4 is 5.91 Å². The number of furan rings is 1. The quantitative estimate of drug-likeness (QED) is 0.832. The third kappa shape index (κ3) is 4.08. The SMILES string of the molecule is CN(CC(=O)N(C)Cc1ccco1)CC1CC(O)C1. The van der Waals surface area contributed by atoms with Crippen LogP contribution in [-0.4, -0.2) is 54.1 Å². The predicted molar refractivity (Wildman–Crippen MR) is 71.4 cm³/mol. The van der Waals surface area contributed by atoms with Gasteiger partial charge in [-0.15, -0.1) is 0 Å². The lowest BCUT2D eigenvalue weighted by molar-refractivity contribution is -0.131. The van der Waals surface area contributed by atoms with E-state index in [-0.39, 0.29) is 12.0 Å². The van der Waals surface area contributed by atoms with Crippen LogP contribution in [0.5, 0.6) is 0 Å². The van der Waals surface area contributed by atoms with Crippen molar-refractivity contribution in [3.63, 3.8) is 0 Å². The van der Waals surface area contributed by atoms with Crippen LogP contribution in [0.3, 0.4) is 0 Å². The van der Waals surface area contributed by atoms with Crippen LogP contribution in [0.25, 0.3) is 0 Å². The molecule has 0 aliphatic heterocycles. The molecular formula is C14H22N2O3. The fourth-order valence-corrected chi connectivity index (χ4v) is 2.43. The van der Waals surface area contributed by atoms with E-state index in [1.165, 1.54) is 0 Å². The predicted octanol–water partition coefficient (Wildman–Crippen LogP) is 0.941. The zero-order chi connectivity index (χ0) is 13.8. The van der Waals surface area contributed by atoms with Crippen LogP contribution in [0, 0.1) is 5.92 Å². The lowest BCUT2D eigenvalue weighted by atomic mass is 9.82. The number of nitrogens with zero attached hydrogens (tertiary/aromatic N) is 2. The molecule has 1 fully saturated rings. The molecule has 2 rings (SSSR count). The minimum Gasteiger partial charge on any atom is -0.467 e. The molecule has 0 atom stereocenters. The largest absolute Gasteiger partial charge is 0.467 e. The Kier molecular flexibility index (Phi) is 4.61. The number of carbonyl (C=O) groups excluding carboxylic acids is 1. The molecule has 5 nitrogen and oxygen atoms in total. The van der Waals surface area contributed by atoms with E-state index >= 15 is 0 Å². The fraction of sp³-hybridized carbons (Fsp3) is 0.643. The molecule has 1 heterocycles. The zero-order valence-electron chi connectivity index (χ0n) is 11.6. The smallest absolute Gasteiger partial charge is 0.236 e. The van der Waals surface area contributed by atoms with Gasteiger partial charge >= 0.3 is 0 Å². The van der Waals surface area contributed by atoms with Gasteiger partial charge in [-0.2, -0.15) is 0 Å². The molecule has 0 spiro atoms. The Morgan fingerprint density at radius 2 is 2.21 bits per heavy atom. The van der Waals surface area contributed by atoms with Gasteiger partial charge in [0.25, 0.3) is 0 Å². The summed E-state index contributed by atoms with van der Waals surface area (Å²) in [6.07, 6.45) is 3.21. The number of aliphatic hydroxyl groups excluding tert-OH is 1. The third-order valence-electron chi connectivity index (χ3n) is 3.58. The van der Waals surface area contributed by atoms with E-state index < -0.39 is 0 Å². The number of likely N-dealkylation sites (N-methyl/N-ethyl adjacent to an activating group) is 2. The van der Waals surface area contributed by atoms with Crippen LogP contribution in [-0.2, 0) is 11.3 Å². The minimum absolute atomic E-state index is 0.0822. The molecule has 19 heavy (non-hydrogen) atoms. The number of hydrogen-bond donors (Lipinski definition) is 1. The van der Waals surface area contributed by atoms with E-state index in [0.717, 1.165) is 25.1 Å². The molecule has 5 heteroatoms. The van der Waals surface area contributed by atoms with Gasteiger partial charge in [0, 0.05) is 13.6 Å². The molecule has 0 aromatic carbocycles. The first-order valence-electron chi connectivity index (χ1n) is 6.67. The van der Waals surface area contributed by atoms with Crippen LogP contribution >= 0.6 is 0 Å². The maximum absolute atomic E-state index is 12.0. The number of rotatable bonds is 6. The Morgan fingerprint density at radius 1 is 1.47 bits per heavy atom. The van der Waals surface area contributed by atoms with Gasteiger partial charge in [0.15, 0.2) is 0 Å². The van der Waals surface area contributed by atoms with E-state index in [9.17, 15) is 9.90 Å². The average Bonchev–Trinajstić information content (AvgIpc) is 2.79. The highest BCUT2D eigenvalue weighted by molar-refractivity contribution is 5.77. The van der Waals surface area contributed by atoms with Crippen molar-refractivity contribution in [1.29, 1.82) is 0 Å². The highest BCUT2D eigenvalue weighted by Crippen LogP contribution is 2.27. The Bertz CT molecular complexity index is 399. The molecule has 1 aromatic heterocycles. The number of hydrogen-bond acceptors (Lipinski definition) is 4. The van der Waals surface area contributed by atoms with Gasteiger partial charge in [0.1, 0.15) is 5.76 Å². The molecule has 0 radical (unpaired) electrons. The van der Waals surface area contributed by atoms with Crippen molar-refractivity contribution in [3.05, 3.63) is 24.2 Å². The van der Waals surface area contributed by atoms with Gasteiger partial charge in [0.05, 0.1) is 25.5 Å². The molecule has 1 aromatic rings. The average molecular weight is 266 g/mol. The second-order valence-electron chi connectivity index (χ2n) is 5.52. The molecular weight excluding hydrogens is 244 g/mol. The van der Waals surface area contributed by atoms with E-state index in [1.54, 1.807) is 18.2 Å². The molecule has 106 valence electrons. The van der Waals surface area contributed by atoms with Crippen molar-refractivity contribution < 1.29 is 14.3 Å². The minimum atomic E-state index is -0.129. The van der Waals surface area contributed by atoms with Crippen molar-refractivity contribution in [1.82, 2.24) is 9.80 Å². The maximum Gasteiger partial charge on any atom is 0.236 e. The Balaban J connectivity index is 1.70. The van der Waals surface area contributed by atoms with Gasteiger partial charge in [-0.1, -0.05) is 0 Å². The van der Waals surface area contributed by atoms with Crippen molar-refractivity contribution in [3.8, 4) is 0 Å². The van der Waals surface area contributed by atoms with Crippen LogP contribution in [0.15, 0.2) is 22.8 Å². The van der Waals surface area contributed by atoms with Crippen LogP contribution in [0.1, 0.15) is 18.6 Å². The summed E-state index contributed by atoms with van der Waals surface area (Å²) in [5, 5.41) is 9.24. The lowest BCUT2D eigenvalue weighted by Gasteiger charge is -2.34. The standard InChI is InChI=1S/C14H22N2O3/c1-15(8-11-6-12(17)7-11)10-14(18)16(2)9-13-4-3-5-19-13/h3-5,11-12,17H,6-10H2,1-2H3. The molecule has 1 amide bonds. The van der Waals surface area contributed by atoms with Gasteiger partial charge in [-0.25, -0.2) is 0 Å². The summed E-state index contributed by atoms with van der Waals surface area (Å²) in [6.45, 7) is 1.78. The summed E-state index contributed by atoms with van der Waals surface area (Å²) in [5.74, 6) is 1.41. The highest BCUT2D eigenvalue weighted by Gasteiger charge is 2.28. The topological polar surface area (TPSA) is 56.9 Å². The Hall–Kier alpha value is -1.33. The fourth-order valence-electron chi connectivity index (χ4n) is 2.43. The summed E-state index contributed by atoms with van der Waals surface area (Å²) in [6, 6.07) is 3.69. The Labute approximate surface area is 113 Å². The summed E-state index contributed by atoms with van der Waals surface area (Å²) in [5.41, 5.74) is 0. The molecule has 0 unspecified atom stereocenters.